The average Bonchev–Trinajstić information content (AvgIpc) is 2.94. The molecule has 5 nitrogen and oxygen atoms in total. The number of hydrogen-bond acceptors (Lipinski definition) is 3. The number of rotatable bonds is 7. The molecule has 1 aromatic heterocycles. The molecule has 116 valence electrons. The lowest BCUT2D eigenvalue weighted by atomic mass is 10.1. The number of H-pyrrole nitrogens is 1. The molecule has 0 saturated carbocycles. The van der Waals surface area contributed by atoms with Crippen LogP contribution in [0.2, 0.25) is 0 Å². The lowest BCUT2D eigenvalue weighted by molar-refractivity contribution is -0.116. The standard InChI is InChI=1S/C16H18FN3O2/c1-2-3-4-16(22)20-13-9-11(17)5-6-12(13)14-10-18-15(19-14)7-8-21/h5-6,8-10H,2-4,7H2,1H3,(H,18,19)(H,20,22). The van der Waals surface area contributed by atoms with Gasteiger partial charge in [-0.25, -0.2) is 9.37 Å². The maximum Gasteiger partial charge on any atom is 0.224 e. The number of nitrogens with one attached hydrogen (secondary N) is 2. The van der Waals surface area contributed by atoms with Gasteiger partial charge in [-0.05, 0) is 24.6 Å². The van der Waals surface area contributed by atoms with Crippen molar-refractivity contribution in [3.8, 4) is 11.3 Å². The number of hydrogen-bond donors (Lipinski definition) is 2. The van der Waals surface area contributed by atoms with Crippen molar-refractivity contribution in [1.82, 2.24) is 9.97 Å². The Labute approximate surface area is 128 Å². The minimum atomic E-state index is -0.429. The normalized spacial score (nSPS) is 10.5. The number of carbonyl (C=O) groups excluding carboxylic acids is 2. The fraction of sp³-hybridized carbons (Fsp3) is 0.312. The van der Waals surface area contributed by atoms with Gasteiger partial charge in [0.25, 0.3) is 0 Å². The molecule has 22 heavy (non-hydrogen) atoms. The Kier molecular flexibility index (Phi) is 5.41. The number of nitrogens with zero attached hydrogens (tertiary/aromatic N) is 1. The van der Waals surface area contributed by atoms with Crippen molar-refractivity contribution in [1.29, 1.82) is 0 Å². The third kappa shape index (κ3) is 4.00. The van der Waals surface area contributed by atoms with E-state index in [1.165, 1.54) is 12.1 Å². The van der Waals surface area contributed by atoms with Crippen molar-refractivity contribution in [2.45, 2.75) is 32.6 Å². The van der Waals surface area contributed by atoms with Crippen LogP contribution in [0.3, 0.4) is 0 Å². The van der Waals surface area contributed by atoms with Crippen LogP contribution in [0, 0.1) is 5.82 Å². The number of unbranched alkanes of at least 4 members (excludes halogenated alkanes) is 1. The van der Waals surface area contributed by atoms with Crippen LogP contribution in [0.5, 0.6) is 0 Å². The molecule has 0 fully saturated rings. The molecule has 6 heteroatoms. The van der Waals surface area contributed by atoms with Crippen molar-refractivity contribution in [3.05, 3.63) is 36.0 Å². The largest absolute Gasteiger partial charge is 0.342 e. The molecule has 1 heterocycles. The third-order valence-corrected chi connectivity index (χ3v) is 3.21. The van der Waals surface area contributed by atoms with Gasteiger partial charge in [-0.1, -0.05) is 13.3 Å². The Balaban J connectivity index is 2.26. The summed E-state index contributed by atoms with van der Waals surface area (Å²) in [4.78, 5) is 29.5. The Hall–Kier alpha value is -2.50. The summed E-state index contributed by atoms with van der Waals surface area (Å²) in [6.07, 6.45) is 4.59. The fourth-order valence-corrected chi connectivity index (χ4v) is 2.09. The number of aromatic nitrogens is 2. The summed E-state index contributed by atoms with van der Waals surface area (Å²) in [5.74, 6) is -0.0545. The van der Waals surface area contributed by atoms with Gasteiger partial charge >= 0.3 is 0 Å². The van der Waals surface area contributed by atoms with E-state index in [-0.39, 0.29) is 12.3 Å². The van der Waals surface area contributed by atoms with Crippen LogP contribution in [-0.2, 0) is 16.0 Å². The Morgan fingerprint density at radius 2 is 2.27 bits per heavy atom. The first kappa shape index (κ1) is 15.9. The monoisotopic (exact) mass is 303 g/mol. The predicted molar refractivity (Wildman–Crippen MR) is 81.9 cm³/mol. The van der Waals surface area contributed by atoms with Gasteiger partial charge in [-0.3, -0.25) is 4.79 Å². The summed E-state index contributed by atoms with van der Waals surface area (Å²) in [5, 5.41) is 2.73. The molecular weight excluding hydrogens is 285 g/mol. The third-order valence-electron chi connectivity index (χ3n) is 3.21. The van der Waals surface area contributed by atoms with Gasteiger partial charge in [0.1, 0.15) is 17.9 Å². The minimum Gasteiger partial charge on any atom is -0.342 e. The molecule has 0 aliphatic heterocycles. The highest BCUT2D eigenvalue weighted by Gasteiger charge is 2.12. The van der Waals surface area contributed by atoms with Crippen LogP contribution >= 0.6 is 0 Å². The van der Waals surface area contributed by atoms with Crippen LogP contribution in [0.15, 0.2) is 24.4 Å². The summed E-state index contributed by atoms with van der Waals surface area (Å²) >= 11 is 0. The van der Waals surface area contributed by atoms with Gasteiger partial charge in [0, 0.05) is 12.0 Å². The number of amides is 1. The highest BCUT2D eigenvalue weighted by molar-refractivity contribution is 5.95. The van der Waals surface area contributed by atoms with Crippen molar-refractivity contribution >= 4 is 17.9 Å². The zero-order valence-corrected chi connectivity index (χ0v) is 12.4. The summed E-state index contributed by atoms with van der Waals surface area (Å²) in [7, 11) is 0. The minimum absolute atomic E-state index is 0.152. The van der Waals surface area contributed by atoms with Crippen molar-refractivity contribution in [2.75, 3.05) is 5.32 Å². The molecule has 0 radical (unpaired) electrons. The topological polar surface area (TPSA) is 74.8 Å². The smallest absolute Gasteiger partial charge is 0.224 e. The molecule has 0 aliphatic rings. The fourth-order valence-electron chi connectivity index (χ4n) is 2.09. The molecule has 0 bridgehead atoms. The van der Waals surface area contributed by atoms with E-state index in [1.54, 1.807) is 12.3 Å². The highest BCUT2D eigenvalue weighted by Crippen LogP contribution is 2.27. The first-order valence-corrected chi connectivity index (χ1v) is 7.21. The molecule has 2 N–H and O–H groups in total. The summed E-state index contributed by atoms with van der Waals surface area (Å²) < 4.78 is 13.5. The molecule has 2 aromatic rings. The van der Waals surface area contributed by atoms with E-state index in [2.05, 4.69) is 15.3 Å². The van der Waals surface area contributed by atoms with Crippen LogP contribution in [0.25, 0.3) is 11.3 Å². The van der Waals surface area contributed by atoms with Crippen molar-refractivity contribution in [3.63, 3.8) is 0 Å². The van der Waals surface area contributed by atoms with Gasteiger partial charge in [-0.2, -0.15) is 0 Å². The zero-order chi connectivity index (χ0) is 15.9. The summed E-state index contributed by atoms with van der Waals surface area (Å²) in [6.45, 7) is 2.00. The van der Waals surface area contributed by atoms with E-state index in [4.69, 9.17) is 0 Å². The van der Waals surface area contributed by atoms with E-state index >= 15 is 0 Å². The lowest BCUT2D eigenvalue weighted by Crippen LogP contribution is -2.12. The van der Waals surface area contributed by atoms with Gasteiger partial charge in [0.2, 0.25) is 5.91 Å². The zero-order valence-electron chi connectivity index (χ0n) is 12.4. The van der Waals surface area contributed by atoms with Crippen LogP contribution in [-0.4, -0.2) is 22.2 Å². The molecule has 0 spiro atoms. The van der Waals surface area contributed by atoms with Crippen molar-refractivity contribution < 1.29 is 14.0 Å². The molecule has 1 amide bonds. The number of halogens is 1. The molecule has 1 aromatic carbocycles. The molecule has 0 atom stereocenters. The number of benzene rings is 1. The Bertz CT molecular complexity index is 667. The van der Waals surface area contributed by atoms with Crippen LogP contribution < -0.4 is 5.32 Å². The van der Waals surface area contributed by atoms with Crippen LogP contribution in [0.1, 0.15) is 32.0 Å². The first-order chi connectivity index (χ1) is 10.6. The van der Waals surface area contributed by atoms with Crippen molar-refractivity contribution in [2.24, 2.45) is 0 Å². The SMILES string of the molecule is CCCCC(=O)Nc1cc(F)ccc1-c1cnc(CC=O)[nH]1. The van der Waals surface area contributed by atoms with E-state index in [0.29, 0.717) is 29.2 Å². The Morgan fingerprint density at radius 3 is 3.00 bits per heavy atom. The number of anilines is 1. The van der Waals surface area contributed by atoms with E-state index < -0.39 is 5.82 Å². The molecule has 0 unspecified atom stereocenters. The van der Waals surface area contributed by atoms with Crippen LogP contribution in [0.4, 0.5) is 10.1 Å². The number of aldehydes is 1. The Morgan fingerprint density at radius 1 is 1.45 bits per heavy atom. The average molecular weight is 303 g/mol. The first-order valence-electron chi connectivity index (χ1n) is 7.21. The maximum atomic E-state index is 13.5. The van der Waals surface area contributed by atoms with Gasteiger partial charge in [-0.15, -0.1) is 0 Å². The number of aromatic amines is 1. The van der Waals surface area contributed by atoms with E-state index in [0.717, 1.165) is 19.1 Å². The molecular formula is C16H18FN3O2. The number of imidazole rings is 1. The van der Waals surface area contributed by atoms with Gasteiger partial charge in [0.05, 0.1) is 24.0 Å². The lowest BCUT2D eigenvalue weighted by Gasteiger charge is -2.10. The van der Waals surface area contributed by atoms with E-state index in [1.807, 2.05) is 6.92 Å². The van der Waals surface area contributed by atoms with Gasteiger partial charge in [0.15, 0.2) is 0 Å². The number of carbonyl (C=O) groups is 2. The quantitative estimate of drug-likeness (QED) is 0.772. The van der Waals surface area contributed by atoms with Gasteiger partial charge < -0.3 is 15.1 Å². The molecule has 2 rings (SSSR count). The summed E-state index contributed by atoms with van der Waals surface area (Å²) in [6, 6.07) is 4.17. The second-order valence-electron chi connectivity index (χ2n) is 4.96. The molecule has 0 saturated heterocycles. The second kappa shape index (κ2) is 7.49. The second-order valence-corrected chi connectivity index (χ2v) is 4.96. The predicted octanol–water partition coefficient (Wildman–Crippen LogP) is 3.09. The molecule has 0 aliphatic carbocycles. The highest BCUT2D eigenvalue weighted by atomic mass is 19.1. The maximum absolute atomic E-state index is 13.5. The summed E-state index contributed by atoms with van der Waals surface area (Å²) in [5.41, 5.74) is 1.65. The van der Waals surface area contributed by atoms with E-state index in [9.17, 15) is 14.0 Å².